The summed E-state index contributed by atoms with van der Waals surface area (Å²) in [5, 5.41) is 0. The van der Waals surface area contributed by atoms with Crippen LogP contribution in [0.1, 0.15) is 22.3 Å². The van der Waals surface area contributed by atoms with Gasteiger partial charge in [0.2, 0.25) is 0 Å². The number of hydrogen-bond donors (Lipinski definition) is 0. The molecule has 1 aliphatic carbocycles. The fraction of sp³-hybridized carbons (Fsp3) is 0.0270. The molecule has 6 aromatic carbocycles. The zero-order chi connectivity index (χ0) is 26.4. The SMILES string of the molecule is Brc1cccc(C2(c3cccc(Br)c3)c3ccccc3-c3c(-c4cccc(-c5ccccc5)c4)cccc32)c1. The molecule has 0 aromatic heterocycles. The van der Waals surface area contributed by atoms with Gasteiger partial charge in [-0.05, 0) is 86.0 Å². The molecule has 6 aromatic rings. The third-order valence-corrected chi connectivity index (χ3v) is 8.85. The van der Waals surface area contributed by atoms with Gasteiger partial charge >= 0.3 is 0 Å². The average molecular weight is 628 g/mol. The molecule has 0 saturated carbocycles. The van der Waals surface area contributed by atoms with Crippen LogP contribution in [0.3, 0.4) is 0 Å². The van der Waals surface area contributed by atoms with Crippen molar-refractivity contribution in [3.05, 3.63) is 177 Å². The number of halogens is 2. The van der Waals surface area contributed by atoms with Crippen molar-refractivity contribution in [1.82, 2.24) is 0 Å². The number of benzene rings is 6. The van der Waals surface area contributed by atoms with Crippen molar-refractivity contribution in [1.29, 1.82) is 0 Å². The Balaban J connectivity index is 1.56. The monoisotopic (exact) mass is 626 g/mol. The van der Waals surface area contributed by atoms with Crippen LogP contribution in [0.15, 0.2) is 155 Å². The summed E-state index contributed by atoms with van der Waals surface area (Å²) in [5.41, 5.74) is 12.2. The summed E-state index contributed by atoms with van der Waals surface area (Å²) in [5.74, 6) is 0. The van der Waals surface area contributed by atoms with Crippen molar-refractivity contribution in [3.63, 3.8) is 0 Å². The predicted octanol–water partition coefficient (Wildman–Crippen LogP) is 10.9. The van der Waals surface area contributed by atoms with E-state index >= 15 is 0 Å². The second kappa shape index (κ2) is 9.79. The van der Waals surface area contributed by atoms with Crippen LogP contribution in [0.25, 0.3) is 33.4 Å². The molecule has 2 heteroatoms. The smallest absolute Gasteiger partial charge is 0.0622 e. The minimum atomic E-state index is -0.452. The summed E-state index contributed by atoms with van der Waals surface area (Å²) in [6.45, 7) is 0. The topological polar surface area (TPSA) is 0 Å². The summed E-state index contributed by atoms with van der Waals surface area (Å²) in [4.78, 5) is 0. The van der Waals surface area contributed by atoms with Gasteiger partial charge in [0.1, 0.15) is 0 Å². The fourth-order valence-electron chi connectivity index (χ4n) is 6.30. The summed E-state index contributed by atoms with van der Waals surface area (Å²) in [6, 6.07) is 52.9. The van der Waals surface area contributed by atoms with Gasteiger partial charge in [-0.25, -0.2) is 0 Å². The Morgan fingerprint density at radius 3 is 1.64 bits per heavy atom. The normalized spacial score (nSPS) is 13.1. The highest BCUT2D eigenvalue weighted by Crippen LogP contribution is 2.58. The van der Waals surface area contributed by atoms with Gasteiger partial charge in [0.15, 0.2) is 0 Å². The Hall–Kier alpha value is -3.72. The second-order valence-corrected chi connectivity index (χ2v) is 11.8. The standard InChI is InChI=1S/C37H24Br2/c38-30-16-7-14-28(23-30)37(29-15-8-17-31(39)24-29)34-20-5-4-18-33(34)36-32(19-9-21-35(36)37)27-13-6-12-26(22-27)25-10-2-1-3-11-25/h1-24H. The summed E-state index contributed by atoms with van der Waals surface area (Å²) in [7, 11) is 0. The summed E-state index contributed by atoms with van der Waals surface area (Å²) in [6.07, 6.45) is 0. The van der Waals surface area contributed by atoms with Crippen LogP contribution in [0.5, 0.6) is 0 Å². The van der Waals surface area contributed by atoms with Crippen LogP contribution in [-0.2, 0) is 5.41 Å². The molecule has 186 valence electrons. The Bertz CT molecular complexity index is 1790. The largest absolute Gasteiger partial charge is 0.0714 e. The lowest BCUT2D eigenvalue weighted by Crippen LogP contribution is -2.28. The van der Waals surface area contributed by atoms with E-state index in [1.54, 1.807) is 0 Å². The molecule has 0 spiro atoms. The van der Waals surface area contributed by atoms with E-state index in [4.69, 9.17) is 0 Å². The van der Waals surface area contributed by atoms with E-state index in [1.807, 2.05) is 0 Å². The quantitative estimate of drug-likeness (QED) is 0.182. The van der Waals surface area contributed by atoms with Crippen LogP contribution in [0.2, 0.25) is 0 Å². The van der Waals surface area contributed by atoms with Crippen LogP contribution < -0.4 is 0 Å². The lowest BCUT2D eigenvalue weighted by Gasteiger charge is -2.34. The zero-order valence-corrected chi connectivity index (χ0v) is 24.3. The van der Waals surface area contributed by atoms with Crippen molar-refractivity contribution in [2.75, 3.05) is 0 Å². The highest BCUT2D eigenvalue weighted by atomic mass is 79.9. The Morgan fingerprint density at radius 2 is 0.923 bits per heavy atom. The first-order chi connectivity index (χ1) is 19.2. The third-order valence-electron chi connectivity index (χ3n) is 7.86. The molecule has 0 radical (unpaired) electrons. The molecule has 39 heavy (non-hydrogen) atoms. The van der Waals surface area contributed by atoms with Crippen molar-refractivity contribution >= 4 is 31.9 Å². The molecule has 0 N–H and O–H groups in total. The molecule has 0 saturated heterocycles. The Morgan fingerprint density at radius 1 is 0.385 bits per heavy atom. The maximum absolute atomic E-state index is 3.77. The lowest BCUT2D eigenvalue weighted by molar-refractivity contribution is 0.767. The Kier molecular flexibility index (Phi) is 6.11. The van der Waals surface area contributed by atoms with Crippen LogP contribution in [0, 0.1) is 0 Å². The first-order valence-corrected chi connectivity index (χ1v) is 14.7. The number of fused-ring (bicyclic) bond motifs is 3. The molecular formula is C37H24Br2. The fourth-order valence-corrected chi connectivity index (χ4v) is 7.10. The minimum Gasteiger partial charge on any atom is -0.0622 e. The van der Waals surface area contributed by atoms with E-state index in [-0.39, 0.29) is 0 Å². The molecule has 0 unspecified atom stereocenters. The first kappa shape index (κ1) is 24.3. The van der Waals surface area contributed by atoms with Crippen molar-refractivity contribution in [2.24, 2.45) is 0 Å². The van der Waals surface area contributed by atoms with Gasteiger partial charge in [0.05, 0.1) is 5.41 Å². The van der Waals surface area contributed by atoms with Crippen molar-refractivity contribution in [3.8, 4) is 33.4 Å². The average Bonchev–Trinajstić information content (AvgIpc) is 3.29. The molecule has 0 nitrogen and oxygen atoms in total. The molecule has 0 atom stereocenters. The molecule has 0 heterocycles. The maximum Gasteiger partial charge on any atom is 0.0714 e. The van der Waals surface area contributed by atoms with Crippen LogP contribution >= 0.6 is 31.9 Å². The Labute approximate surface area is 246 Å². The molecule has 1 aliphatic rings. The molecule has 0 fully saturated rings. The van der Waals surface area contributed by atoms with E-state index in [2.05, 4.69) is 177 Å². The van der Waals surface area contributed by atoms with Gasteiger partial charge in [-0.3, -0.25) is 0 Å². The van der Waals surface area contributed by atoms with Gasteiger partial charge in [0.25, 0.3) is 0 Å². The predicted molar refractivity (Wildman–Crippen MR) is 170 cm³/mol. The molecule has 0 aliphatic heterocycles. The molecule has 0 amide bonds. The minimum absolute atomic E-state index is 0.452. The molecule has 0 bridgehead atoms. The van der Waals surface area contributed by atoms with Crippen molar-refractivity contribution in [2.45, 2.75) is 5.41 Å². The van der Waals surface area contributed by atoms with E-state index in [1.165, 1.54) is 55.6 Å². The highest BCUT2D eigenvalue weighted by Gasteiger charge is 2.47. The van der Waals surface area contributed by atoms with Gasteiger partial charge in [-0.1, -0.05) is 147 Å². The van der Waals surface area contributed by atoms with Crippen molar-refractivity contribution < 1.29 is 0 Å². The second-order valence-electron chi connectivity index (χ2n) is 9.99. The van der Waals surface area contributed by atoms with Gasteiger partial charge in [-0.15, -0.1) is 0 Å². The van der Waals surface area contributed by atoms with E-state index in [0.717, 1.165) is 8.95 Å². The number of rotatable bonds is 4. The van der Waals surface area contributed by atoms with Crippen LogP contribution in [0.4, 0.5) is 0 Å². The zero-order valence-electron chi connectivity index (χ0n) is 21.1. The van der Waals surface area contributed by atoms with E-state index < -0.39 is 5.41 Å². The molecule has 7 rings (SSSR count). The summed E-state index contributed by atoms with van der Waals surface area (Å²) >= 11 is 7.54. The number of hydrogen-bond acceptors (Lipinski definition) is 0. The summed E-state index contributed by atoms with van der Waals surface area (Å²) < 4.78 is 2.15. The highest BCUT2D eigenvalue weighted by molar-refractivity contribution is 9.10. The molecular weight excluding hydrogens is 604 g/mol. The van der Waals surface area contributed by atoms with Gasteiger partial charge in [0, 0.05) is 8.95 Å². The lowest BCUT2D eigenvalue weighted by atomic mass is 9.67. The van der Waals surface area contributed by atoms with E-state index in [9.17, 15) is 0 Å². The van der Waals surface area contributed by atoms with Gasteiger partial charge in [-0.2, -0.15) is 0 Å². The van der Waals surface area contributed by atoms with Crippen LogP contribution in [-0.4, -0.2) is 0 Å². The van der Waals surface area contributed by atoms with Gasteiger partial charge < -0.3 is 0 Å². The third kappa shape index (κ3) is 3.93. The maximum atomic E-state index is 3.77. The van der Waals surface area contributed by atoms with E-state index in [0.29, 0.717) is 0 Å². The first-order valence-electron chi connectivity index (χ1n) is 13.1.